The summed E-state index contributed by atoms with van der Waals surface area (Å²) in [5.74, 6) is -1.89. The molecule has 1 saturated heterocycles. The van der Waals surface area contributed by atoms with Gasteiger partial charge < -0.3 is 10.6 Å². The average molecular weight is 303 g/mol. The first kappa shape index (κ1) is 14.2. The number of rotatable bonds is 2. The molecular weight excluding hydrogens is 290 g/mol. The number of carbonyl (C=O) groups is 1. The molecule has 1 saturated carbocycles. The molecule has 8 heteroatoms. The van der Waals surface area contributed by atoms with Gasteiger partial charge in [-0.15, -0.1) is 0 Å². The zero-order valence-electron chi connectivity index (χ0n) is 10.9. The van der Waals surface area contributed by atoms with Gasteiger partial charge >= 0.3 is 6.18 Å². The van der Waals surface area contributed by atoms with Crippen LogP contribution in [0.5, 0.6) is 0 Å². The Labute approximate surface area is 117 Å². The lowest BCUT2D eigenvalue weighted by molar-refractivity contribution is -0.143. The molecule has 2 N–H and O–H groups in total. The molecule has 0 radical (unpaired) electrons. The van der Waals surface area contributed by atoms with Gasteiger partial charge in [-0.25, -0.2) is 9.37 Å². The van der Waals surface area contributed by atoms with Crippen molar-refractivity contribution in [1.82, 2.24) is 15.6 Å². The number of alkyl halides is 3. The van der Waals surface area contributed by atoms with E-state index in [1.54, 1.807) is 0 Å². The number of aromatic nitrogens is 1. The number of fused-ring (bicyclic) bond motifs is 2. The Kier molecular flexibility index (Phi) is 3.35. The van der Waals surface area contributed by atoms with Gasteiger partial charge in [0, 0.05) is 18.6 Å². The van der Waals surface area contributed by atoms with Gasteiger partial charge in [0.15, 0.2) is 11.5 Å². The number of halogens is 4. The number of carbonyl (C=O) groups excluding carboxylic acids is 1. The number of pyridine rings is 1. The van der Waals surface area contributed by atoms with Crippen LogP contribution in [0.2, 0.25) is 0 Å². The number of amides is 1. The summed E-state index contributed by atoms with van der Waals surface area (Å²) >= 11 is 0. The Morgan fingerprint density at radius 1 is 1.33 bits per heavy atom. The predicted octanol–water partition coefficient (Wildman–Crippen LogP) is 1.72. The summed E-state index contributed by atoms with van der Waals surface area (Å²) in [6.45, 7) is 0.792. The van der Waals surface area contributed by atoms with E-state index in [1.165, 1.54) is 0 Å². The van der Waals surface area contributed by atoms with Gasteiger partial charge in [0.1, 0.15) is 5.69 Å². The highest BCUT2D eigenvalue weighted by Gasteiger charge is 2.41. The SMILES string of the molecule is O=C(NC1CC2CC1CN2)c1ccc(F)c(C(F)(F)F)n1. The monoisotopic (exact) mass is 303 g/mol. The van der Waals surface area contributed by atoms with Crippen LogP contribution in [0.25, 0.3) is 0 Å². The topological polar surface area (TPSA) is 54.0 Å². The fraction of sp³-hybridized carbons (Fsp3) is 0.538. The van der Waals surface area contributed by atoms with Crippen molar-refractivity contribution in [2.24, 2.45) is 5.92 Å². The lowest BCUT2D eigenvalue weighted by Crippen LogP contribution is -2.44. The second kappa shape index (κ2) is 4.94. The normalized spacial score (nSPS) is 27.9. The molecule has 3 atom stereocenters. The zero-order valence-corrected chi connectivity index (χ0v) is 10.9. The fourth-order valence-electron chi connectivity index (χ4n) is 3.02. The molecule has 0 aromatic carbocycles. The molecule has 1 aromatic heterocycles. The molecule has 2 bridgehead atoms. The molecule has 1 amide bonds. The third-order valence-corrected chi connectivity index (χ3v) is 4.03. The quantitative estimate of drug-likeness (QED) is 0.818. The molecule has 114 valence electrons. The summed E-state index contributed by atoms with van der Waals surface area (Å²) in [5, 5.41) is 5.96. The van der Waals surface area contributed by atoms with Crippen LogP contribution in [0, 0.1) is 11.7 Å². The Balaban J connectivity index is 1.76. The largest absolute Gasteiger partial charge is 0.436 e. The van der Waals surface area contributed by atoms with Crippen molar-refractivity contribution in [3.8, 4) is 0 Å². The Morgan fingerprint density at radius 2 is 2.10 bits per heavy atom. The summed E-state index contributed by atoms with van der Waals surface area (Å²) in [4.78, 5) is 15.1. The Bertz CT molecular complexity index is 575. The zero-order chi connectivity index (χ0) is 15.2. The first-order valence-electron chi connectivity index (χ1n) is 6.62. The van der Waals surface area contributed by atoms with Crippen LogP contribution in [0.4, 0.5) is 17.6 Å². The number of hydrogen-bond donors (Lipinski definition) is 2. The number of nitrogens with zero attached hydrogens (tertiary/aromatic N) is 1. The smallest absolute Gasteiger partial charge is 0.348 e. The maximum Gasteiger partial charge on any atom is 0.436 e. The van der Waals surface area contributed by atoms with E-state index in [2.05, 4.69) is 15.6 Å². The van der Waals surface area contributed by atoms with Gasteiger partial charge in [0.2, 0.25) is 0 Å². The fourth-order valence-corrected chi connectivity index (χ4v) is 3.02. The lowest BCUT2D eigenvalue weighted by atomic mass is 10.0. The molecule has 1 aromatic rings. The highest BCUT2D eigenvalue weighted by atomic mass is 19.4. The van der Waals surface area contributed by atoms with E-state index >= 15 is 0 Å². The molecule has 2 heterocycles. The molecule has 1 aliphatic carbocycles. The Hall–Kier alpha value is -1.70. The van der Waals surface area contributed by atoms with E-state index in [4.69, 9.17) is 0 Å². The standard InChI is InChI=1S/C13H13F4N3O/c14-8-1-2-9(19-11(8)13(15,16)17)12(21)20-10-4-7-3-6(10)5-18-7/h1-2,6-7,10,18H,3-5H2,(H,20,21). The van der Waals surface area contributed by atoms with Crippen LogP contribution in [0.15, 0.2) is 12.1 Å². The van der Waals surface area contributed by atoms with Crippen LogP contribution in [0.3, 0.4) is 0 Å². The Morgan fingerprint density at radius 3 is 2.67 bits per heavy atom. The van der Waals surface area contributed by atoms with Crippen molar-refractivity contribution >= 4 is 5.91 Å². The summed E-state index contributed by atoms with van der Waals surface area (Å²) in [6.07, 6.45) is -3.21. The second-order valence-corrected chi connectivity index (χ2v) is 5.44. The predicted molar refractivity (Wildman–Crippen MR) is 65.0 cm³/mol. The summed E-state index contributed by atoms with van der Waals surface area (Å²) in [6, 6.07) is 1.87. The summed E-state index contributed by atoms with van der Waals surface area (Å²) in [7, 11) is 0. The van der Waals surface area contributed by atoms with Gasteiger partial charge in [-0.1, -0.05) is 0 Å². The molecule has 0 spiro atoms. The summed E-state index contributed by atoms with van der Waals surface area (Å²) in [5.41, 5.74) is -2.08. The van der Waals surface area contributed by atoms with Gasteiger partial charge in [0.25, 0.3) is 5.91 Å². The van der Waals surface area contributed by atoms with E-state index in [9.17, 15) is 22.4 Å². The molecule has 1 aliphatic heterocycles. The highest BCUT2D eigenvalue weighted by Crippen LogP contribution is 2.32. The van der Waals surface area contributed by atoms with Crippen LogP contribution in [-0.2, 0) is 6.18 Å². The molecule has 4 nitrogen and oxygen atoms in total. The van der Waals surface area contributed by atoms with Crippen molar-refractivity contribution in [1.29, 1.82) is 0 Å². The van der Waals surface area contributed by atoms with E-state index < -0.39 is 29.3 Å². The molecule has 2 aliphatic rings. The highest BCUT2D eigenvalue weighted by molar-refractivity contribution is 5.92. The van der Waals surface area contributed by atoms with Crippen molar-refractivity contribution in [2.45, 2.75) is 31.1 Å². The van der Waals surface area contributed by atoms with E-state index in [0.29, 0.717) is 18.0 Å². The van der Waals surface area contributed by atoms with Crippen LogP contribution in [-0.4, -0.2) is 29.5 Å². The average Bonchev–Trinajstić information content (AvgIpc) is 3.00. The maximum absolute atomic E-state index is 13.1. The first-order chi connectivity index (χ1) is 9.84. The van der Waals surface area contributed by atoms with Gasteiger partial charge in [-0.3, -0.25) is 4.79 Å². The second-order valence-electron chi connectivity index (χ2n) is 5.44. The maximum atomic E-state index is 13.1. The molecule has 2 fully saturated rings. The van der Waals surface area contributed by atoms with E-state index in [1.807, 2.05) is 0 Å². The van der Waals surface area contributed by atoms with Gasteiger partial charge in [-0.05, 0) is 30.9 Å². The third kappa shape index (κ3) is 2.72. The molecule has 3 unspecified atom stereocenters. The van der Waals surface area contributed by atoms with Crippen molar-refractivity contribution < 1.29 is 22.4 Å². The van der Waals surface area contributed by atoms with E-state index in [0.717, 1.165) is 25.5 Å². The van der Waals surface area contributed by atoms with Crippen molar-refractivity contribution in [3.63, 3.8) is 0 Å². The van der Waals surface area contributed by atoms with Crippen molar-refractivity contribution in [2.75, 3.05) is 6.54 Å². The number of hydrogen-bond acceptors (Lipinski definition) is 3. The lowest BCUT2D eigenvalue weighted by Gasteiger charge is -2.23. The van der Waals surface area contributed by atoms with Crippen LogP contribution in [0.1, 0.15) is 29.0 Å². The van der Waals surface area contributed by atoms with Gasteiger partial charge in [-0.2, -0.15) is 13.2 Å². The van der Waals surface area contributed by atoms with Crippen LogP contribution >= 0.6 is 0 Å². The first-order valence-corrected chi connectivity index (χ1v) is 6.62. The third-order valence-electron chi connectivity index (χ3n) is 4.03. The number of nitrogens with one attached hydrogen (secondary N) is 2. The van der Waals surface area contributed by atoms with E-state index in [-0.39, 0.29) is 6.04 Å². The number of piperidine rings is 1. The van der Waals surface area contributed by atoms with Gasteiger partial charge in [0.05, 0.1) is 0 Å². The minimum atomic E-state index is -4.92. The molecule has 3 rings (SSSR count). The molecule has 21 heavy (non-hydrogen) atoms. The van der Waals surface area contributed by atoms with Crippen molar-refractivity contribution in [3.05, 3.63) is 29.3 Å². The summed E-state index contributed by atoms with van der Waals surface area (Å²) < 4.78 is 50.9. The minimum absolute atomic E-state index is 0.0649. The van der Waals surface area contributed by atoms with Crippen LogP contribution < -0.4 is 10.6 Å². The minimum Gasteiger partial charge on any atom is -0.348 e. The molecular formula is C13H13F4N3O.